The first-order valence-electron chi connectivity index (χ1n) is 8.25. The molecule has 2 aromatic rings. The first-order valence-corrected chi connectivity index (χ1v) is 9.04. The fourth-order valence-corrected chi connectivity index (χ4v) is 2.59. The highest BCUT2D eigenvalue weighted by Gasteiger charge is 2.08. The molecule has 0 bridgehead atoms. The molecule has 0 saturated heterocycles. The number of Topliss-reactive ketones (excluding diaryl/α,β-unsaturated/α-hetero) is 1. The van der Waals surface area contributed by atoms with Crippen LogP contribution in [0.5, 0.6) is 0 Å². The molecule has 0 radical (unpaired) electrons. The maximum atomic E-state index is 12.0. The van der Waals surface area contributed by atoms with Gasteiger partial charge in [-0.05, 0) is 36.2 Å². The lowest BCUT2D eigenvalue weighted by molar-refractivity contribution is -0.142. The number of hydrogen-bond donors (Lipinski definition) is 1. The first-order chi connectivity index (χ1) is 12.4. The van der Waals surface area contributed by atoms with E-state index in [1.54, 1.807) is 36.4 Å². The quantitative estimate of drug-likeness (QED) is 0.397. The molecule has 1 N–H and O–H groups in total. The van der Waals surface area contributed by atoms with Crippen LogP contribution in [-0.4, -0.2) is 24.3 Å². The summed E-state index contributed by atoms with van der Waals surface area (Å²) in [5.74, 6) is -0.453. The predicted molar refractivity (Wildman–Crippen MR) is 103 cm³/mol. The minimum atomic E-state index is -0.339. The summed E-state index contributed by atoms with van der Waals surface area (Å²) < 4.78 is 6.10. The molecule has 0 aromatic heterocycles. The number of anilines is 1. The van der Waals surface area contributed by atoms with Crippen molar-refractivity contribution in [3.8, 4) is 0 Å². The number of nitrogens with one attached hydrogen (secondary N) is 1. The van der Waals surface area contributed by atoms with Crippen molar-refractivity contribution >= 4 is 39.3 Å². The minimum absolute atomic E-state index is 0.0297. The van der Waals surface area contributed by atoms with E-state index in [-0.39, 0.29) is 30.7 Å². The maximum absolute atomic E-state index is 12.0. The fraction of sp³-hybridized carbons (Fsp3) is 0.250. The third-order valence-corrected chi connectivity index (χ3v) is 4.13. The molecule has 0 atom stereocenters. The van der Waals surface area contributed by atoms with Crippen LogP contribution in [0.4, 0.5) is 5.69 Å². The van der Waals surface area contributed by atoms with Gasteiger partial charge in [0, 0.05) is 29.1 Å². The molecule has 0 aliphatic rings. The second kappa shape index (κ2) is 9.87. The number of carbonyl (C=O) groups excluding carboxylic acids is 3. The zero-order valence-electron chi connectivity index (χ0n) is 14.5. The Bertz CT molecular complexity index is 769. The molecule has 1 amide bonds. The van der Waals surface area contributed by atoms with Crippen LogP contribution in [0.2, 0.25) is 0 Å². The molecule has 0 fully saturated rings. The molecule has 6 heteroatoms. The van der Waals surface area contributed by atoms with Gasteiger partial charge in [-0.2, -0.15) is 0 Å². The standard InChI is InChI=1S/C20H20BrNO4/c1-14(23)22-18-10-4-15(5-11-18)13-20(25)26-12-2-3-19(24)16-6-8-17(21)9-7-16/h4-11H,2-3,12-13H2,1H3,(H,22,23). The molecule has 0 heterocycles. The summed E-state index contributed by atoms with van der Waals surface area (Å²) in [5.41, 5.74) is 2.13. The van der Waals surface area contributed by atoms with Crippen LogP contribution in [0.25, 0.3) is 0 Å². The van der Waals surface area contributed by atoms with E-state index >= 15 is 0 Å². The average Bonchev–Trinajstić information content (AvgIpc) is 2.60. The molecule has 0 saturated carbocycles. The summed E-state index contributed by atoms with van der Waals surface area (Å²) in [6.45, 7) is 1.65. The van der Waals surface area contributed by atoms with Gasteiger partial charge in [0.2, 0.25) is 5.91 Å². The number of hydrogen-bond acceptors (Lipinski definition) is 4. The average molecular weight is 418 g/mol. The normalized spacial score (nSPS) is 10.2. The smallest absolute Gasteiger partial charge is 0.310 e. The van der Waals surface area contributed by atoms with E-state index in [2.05, 4.69) is 21.2 Å². The highest BCUT2D eigenvalue weighted by Crippen LogP contribution is 2.13. The molecule has 0 aliphatic heterocycles. The monoisotopic (exact) mass is 417 g/mol. The summed E-state index contributed by atoms with van der Waals surface area (Å²) in [5, 5.41) is 2.66. The number of benzene rings is 2. The number of ketones is 1. The molecule has 0 aliphatic carbocycles. The third-order valence-electron chi connectivity index (χ3n) is 3.60. The van der Waals surface area contributed by atoms with Crippen molar-refractivity contribution in [2.24, 2.45) is 0 Å². The van der Waals surface area contributed by atoms with Gasteiger partial charge in [-0.25, -0.2) is 0 Å². The Labute approximate surface area is 160 Å². The Morgan fingerprint density at radius 3 is 2.27 bits per heavy atom. The van der Waals surface area contributed by atoms with E-state index in [9.17, 15) is 14.4 Å². The van der Waals surface area contributed by atoms with Crippen LogP contribution in [0.3, 0.4) is 0 Å². The van der Waals surface area contributed by atoms with Gasteiger partial charge in [-0.1, -0.05) is 40.2 Å². The van der Waals surface area contributed by atoms with E-state index in [1.165, 1.54) is 6.92 Å². The van der Waals surface area contributed by atoms with E-state index in [1.807, 2.05) is 12.1 Å². The van der Waals surface area contributed by atoms with Crippen LogP contribution in [-0.2, 0) is 20.7 Å². The molecular formula is C20H20BrNO4. The van der Waals surface area contributed by atoms with Crippen LogP contribution in [0.1, 0.15) is 35.7 Å². The Balaban J connectivity index is 1.69. The topological polar surface area (TPSA) is 72.5 Å². The molecule has 2 rings (SSSR count). The molecular weight excluding hydrogens is 398 g/mol. The molecule has 136 valence electrons. The van der Waals surface area contributed by atoms with Gasteiger partial charge in [0.25, 0.3) is 0 Å². The Morgan fingerprint density at radius 1 is 1.00 bits per heavy atom. The van der Waals surface area contributed by atoms with Gasteiger partial charge in [0.15, 0.2) is 5.78 Å². The number of ether oxygens (including phenoxy) is 1. The van der Waals surface area contributed by atoms with E-state index in [0.717, 1.165) is 10.0 Å². The van der Waals surface area contributed by atoms with Crippen molar-refractivity contribution in [3.63, 3.8) is 0 Å². The molecule has 2 aromatic carbocycles. The fourth-order valence-electron chi connectivity index (χ4n) is 2.33. The van der Waals surface area contributed by atoms with Gasteiger partial charge in [0.05, 0.1) is 13.0 Å². The second-order valence-electron chi connectivity index (χ2n) is 5.81. The van der Waals surface area contributed by atoms with Crippen molar-refractivity contribution < 1.29 is 19.1 Å². The van der Waals surface area contributed by atoms with Gasteiger partial charge in [0.1, 0.15) is 0 Å². The van der Waals surface area contributed by atoms with Crippen LogP contribution >= 0.6 is 15.9 Å². The SMILES string of the molecule is CC(=O)Nc1ccc(CC(=O)OCCCC(=O)c2ccc(Br)cc2)cc1. The predicted octanol–water partition coefficient (Wildman–Crippen LogP) is 4.16. The van der Waals surface area contributed by atoms with Gasteiger partial charge < -0.3 is 10.1 Å². The Morgan fingerprint density at radius 2 is 1.65 bits per heavy atom. The number of amides is 1. The number of carbonyl (C=O) groups is 3. The van der Waals surface area contributed by atoms with Gasteiger partial charge in [-0.15, -0.1) is 0 Å². The largest absolute Gasteiger partial charge is 0.465 e. The second-order valence-corrected chi connectivity index (χ2v) is 6.72. The van der Waals surface area contributed by atoms with Crippen LogP contribution < -0.4 is 5.32 Å². The lowest BCUT2D eigenvalue weighted by Crippen LogP contribution is -2.10. The van der Waals surface area contributed by atoms with E-state index < -0.39 is 0 Å². The van der Waals surface area contributed by atoms with Crippen molar-refractivity contribution in [1.29, 1.82) is 0 Å². The molecule has 5 nitrogen and oxygen atoms in total. The van der Waals surface area contributed by atoms with Gasteiger partial charge in [-0.3, -0.25) is 14.4 Å². The minimum Gasteiger partial charge on any atom is -0.465 e. The van der Waals surface area contributed by atoms with Crippen molar-refractivity contribution in [3.05, 3.63) is 64.1 Å². The molecule has 0 spiro atoms. The lowest BCUT2D eigenvalue weighted by Gasteiger charge is -2.06. The summed E-state index contributed by atoms with van der Waals surface area (Å²) in [7, 11) is 0. The molecule has 26 heavy (non-hydrogen) atoms. The van der Waals surface area contributed by atoms with Gasteiger partial charge >= 0.3 is 5.97 Å². The number of rotatable bonds is 8. The number of esters is 1. The van der Waals surface area contributed by atoms with Crippen LogP contribution in [0, 0.1) is 0 Å². The van der Waals surface area contributed by atoms with Crippen molar-refractivity contribution in [1.82, 2.24) is 0 Å². The highest BCUT2D eigenvalue weighted by molar-refractivity contribution is 9.10. The van der Waals surface area contributed by atoms with Crippen LogP contribution in [0.15, 0.2) is 53.0 Å². The van der Waals surface area contributed by atoms with E-state index in [4.69, 9.17) is 4.74 Å². The first kappa shape index (κ1) is 19.8. The molecule has 0 unspecified atom stereocenters. The Kier molecular flexibility index (Phi) is 7.53. The third kappa shape index (κ3) is 6.80. The highest BCUT2D eigenvalue weighted by atomic mass is 79.9. The number of halogens is 1. The maximum Gasteiger partial charge on any atom is 0.310 e. The van der Waals surface area contributed by atoms with Crippen molar-refractivity contribution in [2.75, 3.05) is 11.9 Å². The zero-order valence-corrected chi connectivity index (χ0v) is 16.0. The summed E-state index contributed by atoms with van der Waals surface area (Å²) >= 11 is 3.33. The summed E-state index contributed by atoms with van der Waals surface area (Å²) in [4.78, 5) is 34.8. The Hall–Kier alpha value is -2.47. The van der Waals surface area contributed by atoms with Crippen molar-refractivity contribution in [2.45, 2.75) is 26.2 Å². The zero-order chi connectivity index (χ0) is 18.9. The summed E-state index contributed by atoms with van der Waals surface area (Å²) in [6.07, 6.45) is 0.976. The van der Waals surface area contributed by atoms with E-state index in [0.29, 0.717) is 24.1 Å². The summed E-state index contributed by atoms with van der Waals surface area (Å²) in [6, 6.07) is 14.2. The lowest BCUT2D eigenvalue weighted by atomic mass is 10.1.